The fourth-order valence-corrected chi connectivity index (χ4v) is 2.25. The van der Waals surface area contributed by atoms with Gasteiger partial charge in [-0.05, 0) is 23.8 Å². The fraction of sp³-hybridized carbons (Fsp3) is 0.133. The third kappa shape index (κ3) is 4.60. The molecule has 2 nitrogen and oxygen atoms in total. The summed E-state index contributed by atoms with van der Waals surface area (Å²) in [4.78, 5) is 11.8. The van der Waals surface area contributed by atoms with Crippen molar-refractivity contribution in [3.05, 3.63) is 62.8 Å². The van der Waals surface area contributed by atoms with Gasteiger partial charge in [0, 0.05) is 12.5 Å². The minimum absolute atomic E-state index is 0.152. The van der Waals surface area contributed by atoms with E-state index in [0.717, 1.165) is 0 Å². The van der Waals surface area contributed by atoms with Gasteiger partial charge in [0.25, 0.3) is 0 Å². The van der Waals surface area contributed by atoms with Crippen LogP contribution >= 0.6 is 34.8 Å². The van der Waals surface area contributed by atoms with Crippen LogP contribution in [0.3, 0.4) is 0 Å². The molecule has 0 aliphatic rings. The average molecular weight is 348 g/mol. The number of carbonyl (C=O) groups is 1. The van der Waals surface area contributed by atoms with Gasteiger partial charge in [0.2, 0.25) is 0 Å². The van der Waals surface area contributed by atoms with Crippen LogP contribution < -0.4 is 4.74 Å². The number of Topliss-reactive ketones (excluding diaryl/α,β-unsaturated/α-hetero) is 1. The Bertz CT molecular complexity index is 657. The fourth-order valence-electron chi connectivity index (χ4n) is 1.65. The number of benzene rings is 2. The van der Waals surface area contributed by atoms with Gasteiger partial charge in [-0.3, -0.25) is 4.79 Å². The number of rotatable bonds is 5. The summed E-state index contributed by atoms with van der Waals surface area (Å²) in [5.41, 5.74) is 0.713. The summed E-state index contributed by atoms with van der Waals surface area (Å²) in [5, 5.41) is 0.882. The highest BCUT2D eigenvalue weighted by atomic mass is 35.5. The summed E-state index contributed by atoms with van der Waals surface area (Å²) in [6.45, 7) is -0.158. The zero-order valence-corrected chi connectivity index (χ0v) is 13.0. The maximum atomic E-state index is 12.8. The molecule has 2 rings (SSSR count). The van der Waals surface area contributed by atoms with E-state index in [-0.39, 0.29) is 29.7 Å². The lowest BCUT2D eigenvalue weighted by atomic mass is 10.1. The highest BCUT2D eigenvalue weighted by Crippen LogP contribution is 2.33. The van der Waals surface area contributed by atoms with Gasteiger partial charge < -0.3 is 4.74 Å². The molecule has 0 bridgehead atoms. The van der Waals surface area contributed by atoms with Crippen molar-refractivity contribution >= 4 is 40.6 Å². The van der Waals surface area contributed by atoms with Crippen LogP contribution in [0, 0.1) is 5.82 Å². The van der Waals surface area contributed by atoms with Gasteiger partial charge in [-0.2, -0.15) is 0 Å². The SMILES string of the molecule is O=C(COc1cc(Cl)c(Cl)cc1Cl)Cc1ccc(F)cc1. The molecule has 0 aliphatic heterocycles. The van der Waals surface area contributed by atoms with Crippen molar-refractivity contribution in [2.45, 2.75) is 6.42 Å². The monoisotopic (exact) mass is 346 g/mol. The molecule has 0 aromatic heterocycles. The quantitative estimate of drug-likeness (QED) is 0.713. The summed E-state index contributed by atoms with van der Waals surface area (Å²) in [6, 6.07) is 8.62. The number of halogens is 4. The lowest BCUT2D eigenvalue weighted by Gasteiger charge is -2.09. The van der Waals surface area contributed by atoms with Gasteiger partial charge in [0.1, 0.15) is 18.2 Å². The van der Waals surface area contributed by atoms with Crippen LogP contribution in [0.2, 0.25) is 15.1 Å². The first kappa shape index (κ1) is 16.1. The Kier molecular flexibility index (Phi) is 5.45. The smallest absolute Gasteiger partial charge is 0.174 e. The molecule has 21 heavy (non-hydrogen) atoms. The molecule has 0 radical (unpaired) electrons. The predicted molar refractivity (Wildman–Crippen MR) is 82.1 cm³/mol. The minimum atomic E-state index is -0.343. The van der Waals surface area contributed by atoms with Crippen LogP contribution in [0.1, 0.15) is 5.56 Å². The second kappa shape index (κ2) is 7.12. The molecule has 2 aromatic rings. The lowest BCUT2D eigenvalue weighted by Crippen LogP contribution is -2.14. The highest BCUT2D eigenvalue weighted by Gasteiger charge is 2.10. The molecule has 6 heteroatoms. The molecular formula is C15H10Cl3FO2. The van der Waals surface area contributed by atoms with Crippen LogP contribution in [-0.2, 0) is 11.2 Å². The number of carbonyl (C=O) groups excluding carboxylic acids is 1. The Balaban J connectivity index is 1.95. The Labute approximate surface area is 136 Å². The van der Waals surface area contributed by atoms with Gasteiger partial charge in [-0.1, -0.05) is 46.9 Å². The third-order valence-corrected chi connectivity index (χ3v) is 3.70. The van der Waals surface area contributed by atoms with Crippen LogP contribution in [0.4, 0.5) is 4.39 Å². The Hall–Kier alpha value is -1.29. The van der Waals surface area contributed by atoms with E-state index in [1.807, 2.05) is 0 Å². The molecule has 0 amide bonds. The Morgan fingerprint density at radius 3 is 2.29 bits per heavy atom. The number of hydrogen-bond donors (Lipinski definition) is 0. The van der Waals surface area contributed by atoms with Crippen molar-refractivity contribution in [2.75, 3.05) is 6.61 Å². The predicted octanol–water partition coefficient (Wildman–Crippen LogP) is 4.98. The number of ketones is 1. The summed E-state index contributed by atoms with van der Waals surface area (Å²) >= 11 is 17.6. The van der Waals surface area contributed by atoms with Crippen LogP contribution in [-0.4, -0.2) is 12.4 Å². The summed E-state index contributed by atoms with van der Waals surface area (Å²) < 4.78 is 18.1. The molecule has 2 aromatic carbocycles. The normalized spacial score (nSPS) is 10.5. The maximum Gasteiger partial charge on any atom is 0.174 e. The van der Waals surface area contributed by atoms with Gasteiger partial charge >= 0.3 is 0 Å². The van der Waals surface area contributed by atoms with Crippen LogP contribution in [0.15, 0.2) is 36.4 Å². The van der Waals surface area contributed by atoms with Crippen molar-refractivity contribution in [3.63, 3.8) is 0 Å². The van der Waals surface area contributed by atoms with Crippen molar-refractivity contribution in [1.82, 2.24) is 0 Å². The molecule has 0 heterocycles. The summed E-state index contributed by atoms with van der Waals surface area (Å²) in [6.07, 6.45) is 0.152. The van der Waals surface area contributed by atoms with Crippen molar-refractivity contribution in [2.24, 2.45) is 0 Å². The number of hydrogen-bond acceptors (Lipinski definition) is 2. The first-order valence-corrected chi connectivity index (χ1v) is 7.12. The molecule has 0 spiro atoms. The molecule has 0 saturated heterocycles. The van der Waals surface area contributed by atoms with E-state index in [2.05, 4.69) is 0 Å². The van der Waals surface area contributed by atoms with Crippen LogP contribution in [0.5, 0.6) is 5.75 Å². The van der Waals surface area contributed by atoms with E-state index < -0.39 is 0 Å². The second-order valence-electron chi connectivity index (χ2n) is 4.33. The molecule has 0 saturated carbocycles. The molecule has 0 fully saturated rings. The summed E-state index contributed by atoms with van der Waals surface area (Å²) in [5.74, 6) is -0.215. The van der Waals surface area contributed by atoms with Crippen molar-refractivity contribution in [1.29, 1.82) is 0 Å². The zero-order valence-electron chi connectivity index (χ0n) is 10.7. The zero-order chi connectivity index (χ0) is 15.4. The Morgan fingerprint density at radius 2 is 1.62 bits per heavy atom. The molecule has 0 N–H and O–H groups in total. The first-order valence-electron chi connectivity index (χ1n) is 5.99. The van der Waals surface area contributed by atoms with E-state index in [0.29, 0.717) is 21.4 Å². The van der Waals surface area contributed by atoms with E-state index in [4.69, 9.17) is 39.5 Å². The van der Waals surface area contributed by atoms with Gasteiger partial charge in [-0.25, -0.2) is 4.39 Å². The van der Waals surface area contributed by atoms with E-state index >= 15 is 0 Å². The van der Waals surface area contributed by atoms with Gasteiger partial charge in [0.15, 0.2) is 5.78 Å². The Morgan fingerprint density at radius 1 is 1.00 bits per heavy atom. The largest absolute Gasteiger partial charge is 0.484 e. The topological polar surface area (TPSA) is 26.3 Å². The average Bonchev–Trinajstić information content (AvgIpc) is 2.44. The molecule has 0 aliphatic carbocycles. The van der Waals surface area contributed by atoms with E-state index in [1.54, 1.807) is 12.1 Å². The highest BCUT2D eigenvalue weighted by molar-refractivity contribution is 6.43. The molecular weight excluding hydrogens is 338 g/mol. The maximum absolute atomic E-state index is 12.8. The molecule has 0 atom stereocenters. The van der Waals surface area contributed by atoms with E-state index in [1.165, 1.54) is 24.3 Å². The van der Waals surface area contributed by atoms with Gasteiger partial charge in [-0.15, -0.1) is 0 Å². The second-order valence-corrected chi connectivity index (χ2v) is 5.55. The first-order chi connectivity index (χ1) is 9.95. The third-order valence-electron chi connectivity index (χ3n) is 2.68. The molecule has 0 unspecified atom stereocenters. The van der Waals surface area contributed by atoms with Gasteiger partial charge in [0.05, 0.1) is 15.1 Å². The standard InChI is InChI=1S/C15H10Cl3FO2/c16-12-6-14(18)15(7-13(12)17)21-8-11(20)5-9-1-3-10(19)4-2-9/h1-4,6-7H,5,8H2. The number of ether oxygens (including phenoxy) is 1. The molecule has 110 valence electrons. The van der Waals surface area contributed by atoms with Crippen LogP contribution in [0.25, 0.3) is 0 Å². The lowest BCUT2D eigenvalue weighted by molar-refractivity contribution is -0.120. The van der Waals surface area contributed by atoms with Crippen molar-refractivity contribution < 1.29 is 13.9 Å². The minimum Gasteiger partial charge on any atom is -0.484 e. The van der Waals surface area contributed by atoms with E-state index in [9.17, 15) is 9.18 Å². The summed E-state index contributed by atoms with van der Waals surface area (Å²) in [7, 11) is 0. The van der Waals surface area contributed by atoms with Crippen molar-refractivity contribution in [3.8, 4) is 5.75 Å².